The highest BCUT2D eigenvalue weighted by Crippen LogP contribution is 2.20. The molecule has 0 aliphatic heterocycles. The van der Waals surface area contributed by atoms with Crippen LogP contribution in [0.2, 0.25) is 0 Å². The first kappa shape index (κ1) is 17.2. The van der Waals surface area contributed by atoms with Crippen molar-refractivity contribution in [3.63, 3.8) is 0 Å². The van der Waals surface area contributed by atoms with Gasteiger partial charge in [-0.2, -0.15) is 0 Å². The molecule has 0 spiro atoms. The molecule has 0 unspecified atom stereocenters. The third-order valence-corrected chi connectivity index (χ3v) is 4.02. The second-order valence-electron chi connectivity index (χ2n) is 5.45. The van der Waals surface area contributed by atoms with Crippen molar-refractivity contribution >= 4 is 39.1 Å². The summed E-state index contributed by atoms with van der Waals surface area (Å²) in [7, 11) is 0. The van der Waals surface area contributed by atoms with Gasteiger partial charge in [-0.3, -0.25) is 9.59 Å². The van der Waals surface area contributed by atoms with Crippen molar-refractivity contribution in [2.45, 2.75) is 20.8 Å². The lowest BCUT2D eigenvalue weighted by Gasteiger charge is -2.21. The Balaban J connectivity index is 2.14. The van der Waals surface area contributed by atoms with Crippen LogP contribution in [0.1, 0.15) is 18.1 Å². The van der Waals surface area contributed by atoms with Crippen molar-refractivity contribution in [1.82, 2.24) is 0 Å². The van der Waals surface area contributed by atoms with E-state index in [1.807, 2.05) is 44.2 Å². The molecule has 120 valence electrons. The van der Waals surface area contributed by atoms with Gasteiger partial charge in [-0.1, -0.05) is 28.1 Å². The van der Waals surface area contributed by atoms with Gasteiger partial charge in [-0.25, -0.2) is 0 Å². The molecule has 0 aliphatic carbocycles. The predicted octanol–water partition coefficient (Wildman–Crippen LogP) is 4.06. The Kier molecular flexibility index (Phi) is 5.55. The highest BCUT2D eigenvalue weighted by atomic mass is 79.9. The summed E-state index contributed by atoms with van der Waals surface area (Å²) in [6.45, 7) is 5.34. The molecule has 0 saturated heterocycles. The van der Waals surface area contributed by atoms with E-state index in [1.54, 1.807) is 12.1 Å². The molecular weight excluding hydrogens is 356 g/mol. The second kappa shape index (κ2) is 7.42. The van der Waals surface area contributed by atoms with Crippen LogP contribution in [0.25, 0.3) is 0 Å². The first-order valence-electron chi connectivity index (χ1n) is 7.27. The van der Waals surface area contributed by atoms with Crippen molar-refractivity contribution in [1.29, 1.82) is 0 Å². The maximum absolute atomic E-state index is 12.3. The first-order chi connectivity index (χ1) is 10.9. The molecule has 0 aliphatic rings. The summed E-state index contributed by atoms with van der Waals surface area (Å²) < 4.78 is 0.921. The third kappa shape index (κ3) is 4.66. The van der Waals surface area contributed by atoms with E-state index >= 15 is 0 Å². The molecule has 5 heteroatoms. The predicted molar refractivity (Wildman–Crippen MR) is 96.7 cm³/mol. The quantitative estimate of drug-likeness (QED) is 0.876. The lowest BCUT2D eigenvalue weighted by molar-refractivity contribution is -0.120. The van der Waals surface area contributed by atoms with Crippen LogP contribution in [0, 0.1) is 13.8 Å². The van der Waals surface area contributed by atoms with Gasteiger partial charge in [0.25, 0.3) is 0 Å². The fourth-order valence-corrected chi connectivity index (χ4v) is 2.47. The Morgan fingerprint density at radius 2 is 1.74 bits per heavy atom. The fraction of sp³-hybridized carbons (Fsp3) is 0.222. The number of hydrogen-bond acceptors (Lipinski definition) is 2. The summed E-state index contributed by atoms with van der Waals surface area (Å²) in [5, 5.41) is 2.88. The number of nitrogens with one attached hydrogen (secondary N) is 1. The number of halogens is 1. The zero-order valence-corrected chi connectivity index (χ0v) is 15.0. The van der Waals surface area contributed by atoms with Gasteiger partial charge in [0.2, 0.25) is 11.8 Å². The molecule has 2 rings (SSSR count). The fourth-order valence-electron chi connectivity index (χ4n) is 2.21. The van der Waals surface area contributed by atoms with E-state index in [-0.39, 0.29) is 18.4 Å². The third-order valence-electron chi connectivity index (χ3n) is 3.49. The van der Waals surface area contributed by atoms with E-state index in [4.69, 9.17) is 0 Å². The van der Waals surface area contributed by atoms with Crippen LogP contribution in [0.4, 0.5) is 11.4 Å². The van der Waals surface area contributed by atoms with Crippen LogP contribution in [0.5, 0.6) is 0 Å². The standard InChI is InChI=1S/C18H19BrN2O2/c1-12-4-5-13(2)17(10-12)20-18(23)11-21(14(3)22)16-8-6-15(19)7-9-16/h4-10H,11H2,1-3H3,(H,20,23). The molecule has 23 heavy (non-hydrogen) atoms. The van der Waals surface area contributed by atoms with Crippen LogP contribution in [0.15, 0.2) is 46.9 Å². The molecule has 0 atom stereocenters. The molecule has 0 aromatic heterocycles. The SMILES string of the molecule is CC(=O)N(CC(=O)Nc1cc(C)ccc1C)c1ccc(Br)cc1. The number of nitrogens with zero attached hydrogens (tertiary/aromatic N) is 1. The Morgan fingerprint density at radius 1 is 1.09 bits per heavy atom. The molecule has 2 amide bonds. The number of rotatable bonds is 4. The van der Waals surface area contributed by atoms with Crippen molar-refractivity contribution in [3.05, 3.63) is 58.1 Å². The Bertz CT molecular complexity index is 726. The van der Waals surface area contributed by atoms with Crippen molar-refractivity contribution in [2.24, 2.45) is 0 Å². The smallest absolute Gasteiger partial charge is 0.244 e. The van der Waals surface area contributed by atoms with E-state index in [2.05, 4.69) is 21.2 Å². The van der Waals surface area contributed by atoms with E-state index in [0.29, 0.717) is 5.69 Å². The maximum Gasteiger partial charge on any atom is 0.244 e. The average Bonchev–Trinajstić information content (AvgIpc) is 2.49. The molecule has 0 bridgehead atoms. The Hall–Kier alpha value is -2.14. The summed E-state index contributed by atoms with van der Waals surface area (Å²) in [4.78, 5) is 25.6. The van der Waals surface area contributed by atoms with Gasteiger partial charge >= 0.3 is 0 Å². The lowest BCUT2D eigenvalue weighted by Crippen LogP contribution is -2.36. The summed E-state index contributed by atoms with van der Waals surface area (Å²) >= 11 is 3.36. The van der Waals surface area contributed by atoms with E-state index in [9.17, 15) is 9.59 Å². The normalized spacial score (nSPS) is 10.3. The Labute approximate surface area is 144 Å². The van der Waals surface area contributed by atoms with E-state index in [0.717, 1.165) is 21.3 Å². The van der Waals surface area contributed by atoms with Crippen LogP contribution in [-0.2, 0) is 9.59 Å². The molecule has 2 aromatic rings. The monoisotopic (exact) mass is 374 g/mol. The zero-order valence-electron chi connectivity index (χ0n) is 13.4. The first-order valence-corrected chi connectivity index (χ1v) is 8.07. The lowest BCUT2D eigenvalue weighted by atomic mass is 10.1. The molecule has 0 fully saturated rings. The van der Waals surface area contributed by atoms with Gasteiger partial charge in [0, 0.05) is 22.8 Å². The molecule has 0 radical (unpaired) electrons. The highest BCUT2D eigenvalue weighted by Gasteiger charge is 2.16. The summed E-state index contributed by atoms with van der Waals surface area (Å²) in [5.41, 5.74) is 3.52. The summed E-state index contributed by atoms with van der Waals surface area (Å²) in [5.74, 6) is -0.403. The van der Waals surface area contributed by atoms with Gasteiger partial charge in [0.1, 0.15) is 6.54 Å². The number of benzene rings is 2. The van der Waals surface area contributed by atoms with Crippen LogP contribution < -0.4 is 10.2 Å². The summed E-state index contributed by atoms with van der Waals surface area (Å²) in [6.07, 6.45) is 0. The van der Waals surface area contributed by atoms with Crippen molar-refractivity contribution in [2.75, 3.05) is 16.8 Å². The van der Waals surface area contributed by atoms with Crippen LogP contribution in [-0.4, -0.2) is 18.4 Å². The van der Waals surface area contributed by atoms with Crippen LogP contribution >= 0.6 is 15.9 Å². The van der Waals surface area contributed by atoms with Crippen molar-refractivity contribution in [3.8, 4) is 0 Å². The number of carbonyl (C=O) groups excluding carboxylic acids is 2. The second-order valence-corrected chi connectivity index (χ2v) is 6.36. The average molecular weight is 375 g/mol. The molecule has 0 heterocycles. The number of anilines is 2. The topological polar surface area (TPSA) is 49.4 Å². The van der Waals surface area contributed by atoms with Crippen LogP contribution in [0.3, 0.4) is 0 Å². The number of carbonyl (C=O) groups is 2. The van der Waals surface area contributed by atoms with Gasteiger partial charge in [-0.05, 0) is 55.3 Å². The Morgan fingerprint density at radius 3 is 2.35 bits per heavy atom. The van der Waals surface area contributed by atoms with Gasteiger partial charge in [0.05, 0.1) is 0 Å². The number of aryl methyl sites for hydroxylation is 2. The minimum absolute atomic E-state index is 0.0235. The number of hydrogen-bond donors (Lipinski definition) is 1. The molecule has 2 aromatic carbocycles. The molecule has 1 N–H and O–H groups in total. The number of amides is 2. The van der Waals surface area contributed by atoms with Gasteiger partial charge < -0.3 is 10.2 Å². The molecule has 0 saturated carbocycles. The minimum Gasteiger partial charge on any atom is -0.324 e. The highest BCUT2D eigenvalue weighted by molar-refractivity contribution is 9.10. The maximum atomic E-state index is 12.3. The van der Waals surface area contributed by atoms with Crippen molar-refractivity contribution < 1.29 is 9.59 Å². The van der Waals surface area contributed by atoms with Gasteiger partial charge in [0.15, 0.2) is 0 Å². The summed E-state index contributed by atoms with van der Waals surface area (Å²) in [6, 6.07) is 13.2. The van der Waals surface area contributed by atoms with E-state index < -0.39 is 0 Å². The largest absolute Gasteiger partial charge is 0.324 e. The molecular formula is C18H19BrN2O2. The molecule has 4 nitrogen and oxygen atoms in total. The van der Waals surface area contributed by atoms with Gasteiger partial charge in [-0.15, -0.1) is 0 Å². The minimum atomic E-state index is -0.225. The zero-order chi connectivity index (χ0) is 17.0. The van der Waals surface area contributed by atoms with E-state index in [1.165, 1.54) is 11.8 Å².